The second-order valence-electron chi connectivity index (χ2n) is 3.22. The molecule has 1 aromatic carbocycles. The van der Waals surface area contributed by atoms with Crippen molar-refractivity contribution in [3.8, 4) is 11.5 Å². The Labute approximate surface area is 97.9 Å². The second-order valence-corrected chi connectivity index (χ2v) is 3.60. The van der Waals surface area contributed by atoms with Gasteiger partial charge in [0.2, 0.25) is 0 Å². The molecule has 2 rings (SSSR count). The fourth-order valence-corrected chi connectivity index (χ4v) is 1.90. The molecule has 4 nitrogen and oxygen atoms in total. The number of hydrogen-bond donors (Lipinski definition) is 1. The van der Waals surface area contributed by atoms with Gasteiger partial charge < -0.3 is 15.2 Å². The number of nitrogen functional groups attached to an aromatic ring is 1. The topological polar surface area (TPSA) is 57.4 Å². The molecule has 5 heteroatoms. The fraction of sp³-hybridized carbons (Fsp3) is 0.182. The molecule has 16 heavy (non-hydrogen) atoms. The van der Waals surface area contributed by atoms with Gasteiger partial charge in [-0.05, 0) is 6.07 Å². The average molecular weight is 239 g/mol. The lowest BCUT2D eigenvalue weighted by molar-refractivity contribution is 0.397. The minimum absolute atomic E-state index is 0.448. The first-order chi connectivity index (χ1) is 7.69. The zero-order valence-corrected chi connectivity index (χ0v) is 9.71. The summed E-state index contributed by atoms with van der Waals surface area (Å²) in [4.78, 5) is 4.20. The van der Waals surface area contributed by atoms with Gasteiger partial charge >= 0.3 is 0 Å². The van der Waals surface area contributed by atoms with E-state index in [1.807, 2.05) is 0 Å². The van der Waals surface area contributed by atoms with Crippen LogP contribution in [0.3, 0.4) is 0 Å². The Hall–Kier alpha value is -1.68. The van der Waals surface area contributed by atoms with Crippen LogP contribution in [0.15, 0.2) is 18.3 Å². The van der Waals surface area contributed by atoms with Gasteiger partial charge in [0.1, 0.15) is 17.0 Å². The van der Waals surface area contributed by atoms with Crippen LogP contribution in [0.2, 0.25) is 5.02 Å². The Balaban J connectivity index is 2.91. The zero-order valence-electron chi connectivity index (χ0n) is 8.95. The molecule has 0 spiro atoms. The Morgan fingerprint density at radius 2 is 1.94 bits per heavy atom. The number of methoxy groups -OCH3 is 2. The Morgan fingerprint density at radius 3 is 2.56 bits per heavy atom. The third kappa shape index (κ3) is 1.51. The Kier molecular flexibility index (Phi) is 2.75. The predicted octanol–water partition coefficient (Wildman–Crippen LogP) is 2.49. The van der Waals surface area contributed by atoms with Gasteiger partial charge in [-0.3, -0.25) is 4.98 Å². The lowest BCUT2D eigenvalue weighted by atomic mass is 10.1. The normalized spacial score (nSPS) is 10.4. The SMILES string of the molecule is COc1cc(OC)c2nccc(N)c2c1Cl. The monoisotopic (exact) mass is 238 g/mol. The van der Waals surface area contributed by atoms with Crippen LogP contribution in [0.5, 0.6) is 11.5 Å². The number of aromatic nitrogens is 1. The summed E-state index contributed by atoms with van der Waals surface area (Å²) in [5.41, 5.74) is 7.05. The summed E-state index contributed by atoms with van der Waals surface area (Å²) in [6.07, 6.45) is 1.61. The van der Waals surface area contributed by atoms with E-state index < -0.39 is 0 Å². The van der Waals surface area contributed by atoms with Crippen molar-refractivity contribution < 1.29 is 9.47 Å². The maximum atomic E-state index is 6.18. The summed E-state index contributed by atoms with van der Waals surface area (Å²) in [6, 6.07) is 3.38. The van der Waals surface area contributed by atoms with Crippen LogP contribution in [-0.4, -0.2) is 19.2 Å². The minimum Gasteiger partial charge on any atom is -0.495 e. The van der Waals surface area contributed by atoms with E-state index in [2.05, 4.69) is 4.98 Å². The highest BCUT2D eigenvalue weighted by atomic mass is 35.5. The van der Waals surface area contributed by atoms with E-state index >= 15 is 0 Å². The molecule has 0 aliphatic carbocycles. The molecule has 0 aliphatic heterocycles. The first-order valence-electron chi connectivity index (χ1n) is 4.63. The smallest absolute Gasteiger partial charge is 0.148 e. The Bertz CT molecular complexity index is 543. The van der Waals surface area contributed by atoms with E-state index in [0.29, 0.717) is 33.1 Å². The highest BCUT2D eigenvalue weighted by molar-refractivity contribution is 6.38. The van der Waals surface area contributed by atoms with Gasteiger partial charge in [-0.25, -0.2) is 0 Å². The number of ether oxygens (including phenoxy) is 2. The van der Waals surface area contributed by atoms with E-state index in [0.717, 1.165) is 0 Å². The molecule has 0 saturated carbocycles. The molecular weight excluding hydrogens is 228 g/mol. The van der Waals surface area contributed by atoms with E-state index in [9.17, 15) is 0 Å². The molecule has 84 valence electrons. The lowest BCUT2D eigenvalue weighted by Crippen LogP contribution is -1.95. The van der Waals surface area contributed by atoms with Crippen LogP contribution >= 0.6 is 11.6 Å². The lowest BCUT2D eigenvalue weighted by Gasteiger charge is -2.11. The molecular formula is C11H11ClN2O2. The minimum atomic E-state index is 0.448. The van der Waals surface area contributed by atoms with Crippen molar-refractivity contribution >= 4 is 28.2 Å². The molecule has 2 aromatic rings. The molecule has 0 radical (unpaired) electrons. The van der Waals surface area contributed by atoms with Crippen molar-refractivity contribution in [3.05, 3.63) is 23.4 Å². The quantitative estimate of drug-likeness (QED) is 0.873. The van der Waals surface area contributed by atoms with Crippen LogP contribution in [0.25, 0.3) is 10.9 Å². The maximum absolute atomic E-state index is 6.18. The molecule has 0 atom stereocenters. The van der Waals surface area contributed by atoms with Gasteiger partial charge in [0, 0.05) is 23.3 Å². The van der Waals surface area contributed by atoms with E-state index in [4.69, 9.17) is 26.8 Å². The number of anilines is 1. The van der Waals surface area contributed by atoms with Crippen molar-refractivity contribution in [3.63, 3.8) is 0 Å². The fourth-order valence-electron chi connectivity index (χ4n) is 1.57. The van der Waals surface area contributed by atoms with Crippen LogP contribution in [0.1, 0.15) is 0 Å². The van der Waals surface area contributed by atoms with Crippen LogP contribution in [0, 0.1) is 0 Å². The Morgan fingerprint density at radius 1 is 1.25 bits per heavy atom. The summed E-state index contributed by atoms with van der Waals surface area (Å²) in [7, 11) is 3.10. The van der Waals surface area contributed by atoms with Gasteiger partial charge in [-0.15, -0.1) is 0 Å². The standard InChI is InChI=1S/C11H11ClN2O2/c1-15-7-5-8(16-2)11-9(10(7)12)6(13)3-4-14-11/h3-5H,1-2H3,(H2,13,14). The number of pyridine rings is 1. The van der Waals surface area contributed by atoms with Gasteiger partial charge in [0.25, 0.3) is 0 Å². The molecule has 0 amide bonds. The number of fused-ring (bicyclic) bond motifs is 1. The first-order valence-corrected chi connectivity index (χ1v) is 5.01. The molecule has 2 N–H and O–H groups in total. The highest BCUT2D eigenvalue weighted by Crippen LogP contribution is 2.40. The number of hydrogen-bond acceptors (Lipinski definition) is 4. The van der Waals surface area contributed by atoms with Crippen LogP contribution < -0.4 is 15.2 Å². The van der Waals surface area contributed by atoms with Gasteiger partial charge in [-0.1, -0.05) is 11.6 Å². The number of benzene rings is 1. The van der Waals surface area contributed by atoms with Crippen molar-refractivity contribution in [1.29, 1.82) is 0 Å². The van der Waals surface area contributed by atoms with Crippen molar-refractivity contribution in [2.75, 3.05) is 20.0 Å². The van der Waals surface area contributed by atoms with Gasteiger partial charge in [-0.2, -0.15) is 0 Å². The number of nitrogens with zero attached hydrogens (tertiary/aromatic N) is 1. The predicted molar refractivity (Wildman–Crippen MR) is 64.3 cm³/mol. The molecule has 1 aromatic heterocycles. The van der Waals surface area contributed by atoms with Crippen molar-refractivity contribution in [2.45, 2.75) is 0 Å². The van der Waals surface area contributed by atoms with Gasteiger partial charge in [0.15, 0.2) is 0 Å². The van der Waals surface area contributed by atoms with Crippen molar-refractivity contribution in [1.82, 2.24) is 4.98 Å². The molecule has 1 heterocycles. The third-order valence-corrected chi connectivity index (χ3v) is 2.73. The first kappa shape index (κ1) is 10.8. The molecule has 0 aliphatic rings. The van der Waals surface area contributed by atoms with E-state index in [1.165, 1.54) is 0 Å². The van der Waals surface area contributed by atoms with Crippen molar-refractivity contribution in [2.24, 2.45) is 0 Å². The largest absolute Gasteiger partial charge is 0.495 e. The summed E-state index contributed by atoms with van der Waals surface area (Å²) >= 11 is 6.18. The maximum Gasteiger partial charge on any atom is 0.148 e. The van der Waals surface area contributed by atoms with E-state index in [1.54, 1.807) is 32.5 Å². The zero-order chi connectivity index (χ0) is 11.7. The number of nitrogens with two attached hydrogens (primary N) is 1. The highest BCUT2D eigenvalue weighted by Gasteiger charge is 2.14. The van der Waals surface area contributed by atoms with Crippen LogP contribution in [0.4, 0.5) is 5.69 Å². The average Bonchev–Trinajstić information content (AvgIpc) is 2.30. The number of halogens is 1. The van der Waals surface area contributed by atoms with Gasteiger partial charge in [0.05, 0.1) is 19.2 Å². The second kappa shape index (κ2) is 4.06. The molecule has 0 unspecified atom stereocenters. The molecule has 0 fully saturated rings. The number of rotatable bonds is 2. The summed E-state index contributed by atoms with van der Waals surface area (Å²) in [6.45, 7) is 0. The van der Waals surface area contributed by atoms with Crippen LogP contribution in [-0.2, 0) is 0 Å². The summed E-state index contributed by atoms with van der Waals surface area (Å²) in [5.74, 6) is 1.11. The molecule has 0 bridgehead atoms. The molecule has 0 saturated heterocycles. The third-order valence-electron chi connectivity index (χ3n) is 2.35. The van der Waals surface area contributed by atoms with E-state index in [-0.39, 0.29) is 0 Å². The summed E-state index contributed by atoms with van der Waals surface area (Å²) in [5, 5.41) is 1.10. The summed E-state index contributed by atoms with van der Waals surface area (Å²) < 4.78 is 10.4.